The van der Waals surface area contributed by atoms with E-state index in [1.165, 1.54) is 0 Å². The first-order chi connectivity index (χ1) is 9.00. The van der Waals surface area contributed by atoms with Gasteiger partial charge in [0.2, 0.25) is 0 Å². The Morgan fingerprint density at radius 2 is 2.00 bits per heavy atom. The van der Waals surface area contributed by atoms with Crippen LogP contribution in [0.3, 0.4) is 0 Å². The lowest BCUT2D eigenvalue weighted by Gasteiger charge is -2.47. The van der Waals surface area contributed by atoms with Gasteiger partial charge in [0.25, 0.3) is 0 Å². The van der Waals surface area contributed by atoms with Crippen LogP contribution in [0.1, 0.15) is 26.7 Å². The number of aliphatic hydroxyl groups is 1. The highest BCUT2D eigenvalue weighted by molar-refractivity contribution is 5.63. The van der Waals surface area contributed by atoms with E-state index < -0.39 is 0 Å². The molecule has 1 N–H and O–H groups in total. The van der Waals surface area contributed by atoms with Crippen LogP contribution >= 0.6 is 0 Å². The van der Waals surface area contributed by atoms with Gasteiger partial charge in [-0.3, -0.25) is 0 Å². The van der Waals surface area contributed by atoms with Gasteiger partial charge in [0.15, 0.2) is 0 Å². The Labute approximate surface area is 114 Å². The molecule has 1 atom stereocenters. The molecule has 1 aliphatic heterocycles. The van der Waals surface area contributed by atoms with Gasteiger partial charge in [0.1, 0.15) is 11.5 Å². The molecular weight excluding hydrogens is 242 g/mol. The van der Waals surface area contributed by atoms with E-state index in [-0.39, 0.29) is 11.6 Å². The number of methoxy groups -OCH3 is 2. The number of piperidine rings is 1. The molecule has 0 spiro atoms. The first-order valence-corrected chi connectivity index (χ1v) is 6.68. The van der Waals surface area contributed by atoms with E-state index in [0.29, 0.717) is 0 Å². The van der Waals surface area contributed by atoms with E-state index in [1.54, 1.807) is 14.2 Å². The summed E-state index contributed by atoms with van der Waals surface area (Å²) >= 11 is 0. The molecule has 106 valence electrons. The van der Waals surface area contributed by atoms with E-state index in [1.807, 2.05) is 18.2 Å². The molecule has 0 radical (unpaired) electrons. The quantitative estimate of drug-likeness (QED) is 0.911. The Hall–Kier alpha value is -1.42. The molecule has 1 fully saturated rings. The van der Waals surface area contributed by atoms with E-state index in [0.717, 1.165) is 36.6 Å². The second kappa shape index (κ2) is 5.29. The number of anilines is 1. The molecule has 1 heterocycles. The fourth-order valence-corrected chi connectivity index (χ4v) is 2.70. The zero-order valence-electron chi connectivity index (χ0n) is 12.1. The molecule has 0 saturated carbocycles. The molecule has 4 heteroatoms. The smallest absolute Gasteiger partial charge is 0.142 e. The molecule has 2 rings (SSSR count). The van der Waals surface area contributed by atoms with Crippen molar-refractivity contribution in [2.24, 2.45) is 0 Å². The van der Waals surface area contributed by atoms with Gasteiger partial charge in [-0.05, 0) is 38.8 Å². The van der Waals surface area contributed by atoms with E-state index in [2.05, 4.69) is 18.7 Å². The maximum Gasteiger partial charge on any atom is 0.142 e. The third-order valence-electron chi connectivity index (χ3n) is 4.05. The highest BCUT2D eigenvalue weighted by Crippen LogP contribution is 2.39. The molecule has 1 aromatic carbocycles. The van der Waals surface area contributed by atoms with Crippen LogP contribution < -0.4 is 14.4 Å². The largest absolute Gasteiger partial charge is 0.497 e. The van der Waals surface area contributed by atoms with Crippen LogP contribution in [0.4, 0.5) is 5.69 Å². The lowest BCUT2D eigenvalue weighted by molar-refractivity contribution is 0.0708. The minimum atomic E-state index is -0.336. The number of nitrogens with zero attached hydrogens (tertiary/aromatic N) is 1. The standard InChI is InChI=1S/C15H23NO3/c1-15(2)14(17)6-5-9-16(15)12-10-11(18-3)7-8-13(12)19-4/h7-8,10,14,17H,5-6,9H2,1-4H3. The Bertz CT molecular complexity index is 445. The number of aliphatic hydroxyl groups excluding tert-OH is 1. The molecule has 0 aromatic heterocycles. The van der Waals surface area contributed by atoms with Gasteiger partial charge in [-0.2, -0.15) is 0 Å². The van der Waals surface area contributed by atoms with Crippen molar-refractivity contribution in [3.63, 3.8) is 0 Å². The molecule has 0 bridgehead atoms. The van der Waals surface area contributed by atoms with Crippen molar-refractivity contribution < 1.29 is 14.6 Å². The van der Waals surface area contributed by atoms with E-state index >= 15 is 0 Å². The lowest BCUT2D eigenvalue weighted by Crippen LogP contribution is -2.56. The highest BCUT2D eigenvalue weighted by atomic mass is 16.5. The molecule has 1 aromatic rings. The van der Waals surface area contributed by atoms with Crippen molar-refractivity contribution in [2.45, 2.75) is 38.3 Å². The highest BCUT2D eigenvalue weighted by Gasteiger charge is 2.38. The predicted octanol–water partition coefficient (Wildman–Crippen LogP) is 2.44. The molecular formula is C15H23NO3. The number of hydrogen-bond acceptors (Lipinski definition) is 4. The van der Waals surface area contributed by atoms with Gasteiger partial charge >= 0.3 is 0 Å². The number of ether oxygens (including phenoxy) is 2. The predicted molar refractivity (Wildman–Crippen MR) is 76.2 cm³/mol. The second-order valence-corrected chi connectivity index (χ2v) is 5.50. The summed E-state index contributed by atoms with van der Waals surface area (Å²) in [5.41, 5.74) is 0.670. The van der Waals surface area contributed by atoms with E-state index in [9.17, 15) is 5.11 Å². The van der Waals surface area contributed by atoms with Gasteiger partial charge in [0, 0.05) is 12.6 Å². The van der Waals surface area contributed by atoms with Gasteiger partial charge in [0.05, 0.1) is 31.5 Å². The van der Waals surface area contributed by atoms with Crippen LogP contribution in [0.2, 0.25) is 0 Å². The molecule has 1 saturated heterocycles. The average Bonchev–Trinajstić information content (AvgIpc) is 2.41. The van der Waals surface area contributed by atoms with Crippen LogP contribution in [0.25, 0.3) is 0 Å². The van der Waals surface area contributed by atoms with E-state index in [4.69, 9.17) is 9.47 Å². The van der Waals surface area contributed by atoms with Crippen molar-refractivity contribution in [1.82, 2.24) is 0 Å². The molecule has 0 amide bonds. The minimum absolute atomic E-state index is 0.308. The average molecular weight is 265 g/mol. The van der Waals surface area contributed by atoms with Gasteiger partial charge in [-0.15, -0.1) is 0 Å². The number of hydrogen-bond donors (Lipinski definition) is 1. The number of rotatable bonds is 3. The monoisotopic (exact) mass is 265 g/mol. The fourth-order valence-electron chi connectivity index (χ4n) is 2.70. The summed E-state index contributed by atoms with van der Waals surface area (Å²) in [5, 5.41) is 10.2. The third kappa shape index (κ3) is 2.50. The summed E-state index contributed by atoms with van der Waals surface area (Å²) in [6, 6.07) is 5.76. The summed E-state index contributed by atoms with van der Waals surface area (Å²) in [5.74, 6) is 1.61. The Morgan fingerprint density at radius 1 is 1.26 bits per heavy atom. The SMILES string of the molecule is COc1ccc(OC)c(N2CCCC(O)C2(C)C)c1. The lowest BCUT2D eigenvalue weighted by atomic mass is 9.86. The maximum atomic E-state index is 10.2. The van der Waals surface area contributed by atoms with Crippen molar-refractivity contribution in [3.05, 3.63) is 18.2 Å². The summed E-state index contributed by atoms with van der Waals surface area (Å²) in [6.45, 7) is 5.04. The fraction of sp³-hybridized carbons (Fsp3) is 0.600. The summed E-state index contributed by atoms with van der Waals surface area (Å²) in [4.78, 5) is 2.21. The van der Waals surface area contributed by atoms with Crippen LogP contribution in [0.5, 0.6) is 11.5 Å². The summed E-state index contributed by atoms with van der Waals surface area (Å²) in [7, 11) is 3.32. The van der Waals surface area contributed by atoms with Crippen molar-refractivity contribution in [1.29, 1.82) is 0 Å². The van der Waals surface area contributed by atoms with Gasteiger partial charge in [-0.25, -0.2) is 0 Å². The molecule has 0 aliphatic carbocycles. The zero-order chi connectivity index (χ0) is 14.0. The van der Waals surface area contributed by atoms with Crippen LogP contribution in [-0.4, -0.2) is 37.5 Å². The molecule has 1 unspecified atom stereocenters. The van der Waals surface area contributed by atoms with Crippen LogP contribution in [-0.2, 0) is 0 Å². The molecule has 19 heavy (non-hydrogen) atoms. The van der Waals surface area contributed by atoms with Crippen molar-refractivity contribution in [2.75, 3.05) is 25.7 Å². The first kappa shape index (κ1) is 14.0. The van der Waals surface area contributed by atoms with Gasteiger partial charge < -0.3 is 19.5 Å². The maximum absolute atomic E-state index is 10.2. The summed E-state index contributed by atoms with van der Waals surface area (Å²) < 4.78 is 10.7. The molecule has 4 nitrogen and oxygen atoms in total. The normalized spacial score (nSPS) is 22.2. The van der Waals surface area contributed by atoms with Gasteiger partial charge in [-0.1, -0.05) is 0 Å². The Kier molecular flexibility index (Phi) is 3.90. The minimum Gasteiger partial charge on any atom is -0.497 e. The third-order valence-corrected chi connectivity index (χ3v) is 4.05. The Balaban J connectivity index is 2.44. The van der Waals surface area contributed by atoms with Crippen LogP contribution in [0.15, 0.2) is 18.2 Å². The Morgan fingerprint density at radius 3 is 2.63 bits per heavy atom. The zero-order valence-corrected chi connectivity index (χ0v) is 12.1. The topological polar surface area (TPSA) is 41.9 Å². The number of benzene rings is 1. The van der Waals surface area contributed by atoms with Crippen molar-refractivity contribution >= 4 is 5.69 Å². The van der Waals surface area contributed by atoms with Crippen LogP contribution in [0, 0.1) is 0 Å². The van der Waals surface area contributed by atoms with Crippen molar-refractivity contribution in [3.8, 4) is 11.5 Å². The molecule has 1 aliphatic rings. The second-order valence-electron chi connectivity index (χ2n) is 5.50. The first-order valence-electron chi connectivity index (χ1n) is 6.68. The summed E-state index contributed by atoms with van der Waals surface area (Å²) in [6.07, 6.45) is 1.48.